The number of hydrogen-bond acceptors (Lipinski definition) is 5. The fourth-order valence-electron chi connectivity index (χ4n) is 2.88. The highest BCUT2D eigenvalue weighted by molar-refractivity contribution is 6.30. The Morgan fingerprint density at radius 1 is 1.00 bits per heavy atom. The third-order valence-electron chi connectivity index (χ3n) is 4.44. The number of ether oxygens (including phenoxy) is 2. The van der Waals surface area contributed by atoms with Crippen molar-refractivity contribution in [2.75, 3.05) is 6.61 Å². The first kappa shape index (κ1) is 21.9. The molecule has 0 unspecified atom stereocenters. The summed E-state index contributed by atoms with van der Waals surface area (Å²) in [6, 6.07) is 21.0. The summed E-state index contributed by atoms with van der Waals surface area (Å²) in [5, 5.41) is 21.0. The van der Waals surface area contributed by atoms with Gasteiger partial charge in [-0.15, -0.1) is 0 Å². The fraction of sp³-hybridized carbons (Fsp3) is 0.120. The van der Waals surface area contributed by atoms with Gasteiger partial charge >= 0.3 is 0 Å². The predicted molar refractivity (Wildman–Crippen MR) is 118 cm³/mol. The van der Waals surface area contributed by atoms with E-state index in [-0.39, 0.29) is 12.2 Å². The number of carboxylic acid groups (broad SMARTS) is 1. The molecule has 0 atom stereocenters. The number of nitriles is 1. The van der Waals surface area contributed by atoms with E-state index in [9.17, 15) is 15.2 Å². The molecule has 6 heteroatoms. The maximum atomic E-state index is 10.9. The number of benzene rings is 3. The van der Waals surface area contributed by atoms with Crippen molar-refractivity contribution in [2.24, 2.45) is 0 Å². The molecule has 0 radical (unpaired) electrons. The molecule has 5 nitrogen and oxygen atoms in total. The lowest BCUT2D eigenvalue weighted by Crippen LogP contribution is -2.22. The van der Waals surface area contributed by atoms with Crippen molar-refractivity contribution in [1.29, 1.82) is 5.26 Å². The Balaban J connectivity index is 1.80. The zero-order chi connectivity index (χ0) is 22.2. The molecule has 0 aliphatic carbocycles. The van der Waals surface area contributed by atoms with Crippen LogP contribution in [0.1, 0.15) is 34.0 Å². The molecule has 0 amide bonds. The molecule has 0 bridgehead atoms. The molecule has 3 aromatic rings. The van der Waals surface area contributed by atoms with Crippen LogP contribution >= 0.6 is 11.6 Å². The van der Waals surface area contributed by atoms with E-state index in [1.54, 1.807) is 48.5 Å². The van der Waals surface area contributed by atoms with Crippen LogP contribution in [0.5, 0.6) is 11.5 Å². The molecule has 0 fully saturated rings. The summed E-state index contributed by atoms with van der Waals surface area (Å²) >= 11 is 5.93. The highest BCUT2D eigenvalue weighted by Crippen LogP contribution is 2.31. The Morgan fingerprint density at radius 2 is 1.68 bits per heavy atom. The first-order valence-electron chi connectivity index (χ1n) is 9.58. The standard InChI is InChI=1S/C25H20ClNO4/c1-2-30-24-14-18(13-21(15-27)19-8-10-22(26)11-9-19)5-12-23(24)31-16-17-3-6-20(7-4-17)25(28)29/h3-14H,2,16H2,1H3,(H,28,29)/p-1/b21-13-. The Bertz CT molecular complexity index is 1130. The lowest BCUT2D eigenvalue weighted by molar-refractivity contribution is -0.255. The molecule has 0 aromatic heterocycles. The van der Waals surface area contributed by atoms with Gasteiger partial charge in [0.05, 0.1) is 24.2 Å². The Kier molecular flexibility index (Phi) is 7.31. The Morgan fingerprint density at radius 3 is 2.29 bits per heavy atom. The summed E-state index contributed by atoms with van der Waals surface area (Å²) in [7, 11) is 0. The van der Waals surface area contributed by atoms with E-state index in [1.165, 1.54) is 12.1 Å². The minimum absolute atomic E-state index is 0.115. The van der Waals surface area contributed by atoms with Gasteiger partial charge in [-0.2, -0.15) is 5.26 Å². The average molecular weight is 433 g/mol. The van der Waals surface area contributed by atoms with Crippen molar-refractivity contribution in [1.82, 2.24) is 0 Å². The summed E-state index contributed by atoms with van der Waals surface area (Å²) < 4.78 is 11.6. The van der Waals surface area contributed by atoms with Gasteiger partial charge in [0.1, 0.15) is 6.61 Å². The molecule has 3 rings (SSSR count). The number of halogens is 1. The van der Waals surface area contributed by atoms with Gasteiger partial charge in [-0.3, -0.25) is 0 Å². The van der Waals surface area contributed by atoms with Gasteiger partial charge in [0.2, 0.25) is 0 Å². The second-order valence-electron chi connectivity index (χ2n) is 6.59. The lowest BCUT2D eigenvalue weighted by Gasteiger charge is -2.13. The summed E-state index contributed by atoms with van der Waals surface area (Å²) in [6.45, 7) is 2.57. The van der Waals surface area contributed by atoms with Crippen molar-refractivity contribution in [3.05, 3.63) is 94.0 Å². The maximum absolute atomic E-state index is 10.9. The van der Waals surface area contributed by atoms with Crippen LogP contribution in [0.25, 0.3) is 11.6 Å². The SMILES string of the molecule is CCOc1cc(/C=C(/C#N)c2ccc(Cl)cc2)ccc1OCc1ccc(C(=O)[O-])cc1. The zero-order valence-corrected chi connectivity index (χ0v) is 17.6. The van der Waals surface area contributed by atoms with Gasteiger partial charge in [0.25, 0.3) is 0 Å². The van der Waals surface area contributed by atoms with Crippen LogP contribution in [0.4, 0.5) is 0 Å². The molecule has 0 N–H and O–H groups in total. The third-order valence-corrected chi connectivity index (χ3v) is 4.69. The highest BCUT2D eigenvalue weighted by atomic mass is 35.5. The molecular weight excluding hydrogens is 414 g/mol. The Labute approximate surface area is 185 Å². The van der Waals surface area contributed by atoms with Crippen molar-refractivity contribution in [3.8, 4) is 17.6 Å². The van der Waals surface area contributed by atoms with Crippen LogP contribution in [-0.2, 0) is 6.61 Å². The molecule has 0 saturated heterocycles. The second-order valence-corrected chi connectivity index (χ2v) is 7.03. The van der Waals surface area contributed by atoms with Crippen LogP contribution in [-0.4, -0.2) is 12.6 Å². The molecule has 3 aromatic carbocycles. The number of allylic oxidation sites excluding steroid dienone is 1. The number of carboxylic acids is 1. The van der Waals surface area contributed by atoms with Crippen LogP contribution in [0.3, 0.4) is 0 Å². The van der Waals surface area contributed by atoms with Gasteiger partial charge in [0.15, 0.2) is 11.5 Å². The molecule has 0 saturated carbocycles. The van der Waals surface area contributed by atoms with E-state index in [2.05, 4.69) is 6.07 Å². The summed E-state index contributed by atoms with van der Waals surface area (Å²) in [6.07, 6.45) is 1.77. The molecule has 0 aliphatic rings. The van der Waals surface area contributed by atoms with Gasteiger partial charge in [-0.25, -0.2) is 0 Å². The van der Waals surface area contributed by atoms with Crippen LogP contribution in [0, 0.1) is 11.3 Å². The monoisotopic (exact) mass is 432 g/mol. The molecular formula is C25H19ClNO4-. The summed E-state index contributed by atoms with van der Waals surface area (Å²) in [5.74, 6) is -0.117. The number of rotatable bonds is 8. The van der Waals surface area contributed by atoms with Crippen molar-refractivity contribution < 1.29 is 19.4 Å². The minimum atomic E-state index is -1.22. The number of carbonyl (C=O) groups is 1. The number of hydrogen-bond donors (Lipinski definition) is 0. The van der Waals surface area contributed by atoms with E-state index < -0.39 is 5.97 Å². The molecule has 31 heavy (non-hydrogen) atoms. The van der Waals surface area contributed by atoms with Gasteiger partial charge in [-0.05, 0) is 59.5 Å². The second kappa shape index (κ2) is 10.3. The summed E-state index contributed by atoms with van der Waals surface area (Å²) in [5.41, 5.74) is 2.99. The quantitative estimate of drug-likeness (QED) is 0.379. The number of carbonyl (C=O) groups excluding carboxylic acids is 1. The van der Waals surface area contributed by atoms with E-state index >= 15 is 0 Å². The minimum Gasteiger partial charge on any atom is -0.545 e. The molecule has 156 valence electrons. The van der Waals surface area contributed by atoms with Crippen molar-refractivity contribution in [2.45, 2.75) is 13.5 Å². The van der Waals surface area contributed by atoms with Gasteiger partial charge in [-0.1, -0.05) is 54.1 Å². The van der Waals surface area contributed by atoms with Crippen LogP contribution in [0.15, 0.2) is 66.7 Å². The van der Waals surface area contributed by atoms with Gasteiger partial charge < -0.3 is 19.4 Å². The first-order chi connectivity index (χ1) is 15.0. The highest BCUT2D eigenvalue weighted by Gasteiger charge is 2.08. The van der Waals surface area contributed by atoms with E-state index in [0.717, 1.165) is 16.7 Å². The van der Waals surface area contributed by atoms with Gasteiger partial charge in [0, 0.05) is 5.02 Å². The van der Waals surface area contributed by atoms with E-state index in [4.69, 9.17) is 21.1 Å². The number of aromatic carboxylic acids is 1. The van der Waals surface area contributed by atoms with Crippen LogP contribution in [0.2, 0.25) is 5.02 Å². The fourth-order valence-corrected chi connectivity index (χ4v) is 3.00. The first-order valence-corrected chi connectivity index (χ1v) is 9.95. The lowest BCUT2D eigenvalue weighted by atomic mass is 10.0. The topological polar surface area (TPSA) is 82.4 Å². The smallest absolute Gasteiger partial charge is 0.161 e. The largest absolute Gasteiger partial charge is 0.545 e. The Hall–Kier alpha value is -3.75. The van der Waals surface area contributed by atoms with Crippen molar-refractivity contribution in [3.63, 3.8) is 0 Å². The number of nitrogens with zero attached hydrogens (tertiary/aromatic N) is 1. The zero-order valence-electron chi connectivity index (χ0n) is 16.8. The summed E-state index contributed by atoms with van der Waals surface area (Å²) in [4.78, 5) is 10.9. The normalized spacial score (nSPS) is 10.9. The molecule has 0 heterocycles. The third kappa shape index (κ3) is 5.88. The maximum Gasteiger partial charge on any atom is 0.161 e. The van der Waals surface area contributed by atoms with E-state index in [1.807, 2.05) is 19.1 Å². The van der Waals surface area contributed by atoms with Crippen molar-refractivity contribution >= 4 is 29.2 Å². The van der Waals surface area contributed by atoms with E-state index in [0.29, 0.717) is 28.7 Å². The molecule has 0 spiro atoms. The van der Waals surface area contributed by atoms with Crippen LogP contribution < -0.4 is 14.6 Å². The molecule has 0 aliphatic heterocycles. The predicted octanol–water partition coefficient (Wildman–Crippen LogP) is 4.75. The average Bonchev–Trinajstić information content (AvgIpc) is 2.78.